The van der Waals surface area contributed by atoms with Gasteiger partial charge in [-0.25, -0.2) is 4.98 Å². The summed E-state index contributed by atoms with van der Waals surface area (Å²) in [5.41, 5.74) is 4.93. The Balaban J connectivity index is 2.11. The predicted octanol–water partition coefficient (Wildman–Crippen LogP) is 3.19. The summed E-state index contributed by atoms with van der Waals surface area (Å²) >= 11 is 0. The third-order valence-electron chi connectivity index (χ3n) is 3.17. The number of benzene rings is 1. The zero-order valence-electron chi connectivity index (χ0n) is 11.4. The van der Waals surface area contributed by atoms with Gasteiger partial charge in [-0.2, -0.15) is 0 Å². The molecule has 1 aromatic heterocycles. The molecule has 1 aromatic carbocycles. The lowest BCUT2D eigenvalue weighted by molar-refractivity contribution is 0.655. The summed E-state index contributed by atoms with van der Waals surface area (Å²) in [4.78, 5) is 7.76. The maximum absolute atomic E-state index is 4.40. The number of hydrogen-bond acceptors (Lipinski definition) is 2. The van der Waals surface area contributed by atoms with Gasteiger partial charge in [-0.1, -0.05) is 19.1 Å². The van der Waals surface area contributed by atoms with Crippen molar-refractivity contribution in [3.05, 3.63) is 41.3 Å². The van der Waals surface area contributed by atoms with Crippen LogP contribution in [0.25, 0.3) is 11.3 Å². The minimum Gasteiger partial charge on any atom is -0.341 e. The Morgan fingerprint density at radius 1 is 1.22 bits per heavy atom. The Kier molecular flexibility index (Phi) is 4.15. The number of nitrogens with one attached hydrogen (secondary N) is 2. The van der Waals surface area contributed by atoms with Gasteiger partial charge in [0.15, 0.2) is 0 Å². The molecule has 1 heterocycles. The van der Waals surface area contributed by atoms with E-state index in [1.54, 1.807) is 0 Å². The normalized spacial score (nSPS) is 10.8. The van der Waals surface area contributed by atoms with Crippen LogP contribution in [0.4, 0.5) is 0 Å². The summed E-state index contributed by atoms with van der Waals surface area (Å²) in [6.45, 7) is 8.26. The Hall–Kier alpha value is -1.61. The van der Waals surface area contributed by atoms with E-state index in [1.807, 2.05) is 6.20 Å². The summed E-state index contributed by atoms with van der Waals surface area (Å²) in [5.74, 6) is 0.997. The molecule has 18 heavy (non-hydrogen) atoms. The molecule has 0 saturated heterocycles. The second-order valence-corrected chi connectivity index (χ2v) is 4.72. The number of imidazole rings is 1. The van der Waals surface area contributed by atoms with Crippen LogP contribution in [0.2, 0.25) is 0 Å². The minimum atomic E-state index is 0.804. The van der Waals surface area contributed by atoms with Crippen molar-refractivity contribution in [3.8, 4) is 11.3 Å². The largest absolute Gasteiger partial charge is 0.341 e. The van der Waals surface area contributed by atoms with Crippen LogP contribution in [0.1, 0.15) is 30.3 Å². The van der Waals surface area contributed by atoms with Gasteiger partial charge in [0, 0.05) is 0 Å². The lowest BCUT2D eigenvalue weighted by atomic mass is 10.1. The molecule has 96 valence electrons. The van der Waals surface area contributed by atoms with Gasteiger partial charge in [0.05, 0.1) is 18.4 Å². The molecule has 0 aliphatic heterocycles. The number of aromatic amines is 1. The van der Waals surface area contributed by atoms with Crippen molar-refractivity contribution >= 4 is 0 Å². The highest BCUT2D eigenvalue weighted by Gasteiger charge is 2.04. The zero-order chi connectivity index (χ0) is 13.0. The molecule has 0 spiro atoms. The molecule has 2 N–H and O–H groups in total. The summed E-state index contributed by atoms with van der Waals surface area (Å²) in [5, 5.41) is 3.34. The highest BCUT2D eigenvalue weighted by molar-refractivity contribution is 5.60. The van der Waals surface area contributed by atoms with Gasteiger partial charge in [0.1, 0.15) is 5.82 Å². The third-order valence-corrected chi connectivity index (χ3v) is 3.17. The zero-order valence-corrected chi connectivity index (χ0v) is 11.4. The van der Waals surface area contributed by atoms with Gasteiger partial charge in [-0.3, -0.25) is 0 Å². The highest BCUT2D eigenvalue weighted by atomic mass is 15.0. The smallest absolute Gasteiger partial charge is 0.120 e. The molecule has 0 aliphatic carbocycles. The average molecular weight is 243 g/mol. The van der Waals surface area contributed by atoms with E-state index in [4.69, 9.17) is 0 Å². The van der Waals surface area contributed by atoms with Crippen LogP contribution in [-0.2, 0) is 6.54 Å². The van der Waals surface area contributed by atoms with E-state index in [9.17, 15) is 0 Å². The molecular weight excluding hydrogens is 222 g/mol. The number of rotatable bonds is 5. The minimum absolute atomic E-state index is 0.804. The first kappa shape index (κ1) is 12.8. The quantitative estimate of drug-likeness (QED) is 0.792. The van der Waals surface area contributed by atoms with Crippen molar-refractivity contribution in [1.82, 2.24) is 15.3 Å². The molecule has 0 aliphatic rings. The molecule has 0 radical (unpaired) electrons. The summed E-state index contributed by atoms with van der Waals surface area (Å²) in [6, 6.07) is 6.49. The van der Waals surface area contributed by atoms with E-state index >= 15 is 0 Å². The number of hydrogen-bond donors (Lipinski definition) is 2. The van der Waals surface area contributed by atoms with Crippen LogP contribution in [0.3, 0.4) is 0 Å². The molecule has 0 fully saturated rings. The second-order valence-electron chi connectivity index (χ2n) is 4.72. The Labute approximate surface area is 109 Å². The number of aromatic nitrogens is 2. The number of nitrogens with zero attached hydrogens (tertiary/aromatic N) is 1. The van der Waals surface area contributed by atoms with E-state index in [0.29, 0.717) is 0 Å². The van der Waals surface area contributed by atoms with Crippen molar-refractivity contribution in [2.45, 2.75) is 33.7 Å². The highest BCUT2D eigenvalue weighted by Crippen LogP contribution is 2.20. The topological polar surface area (TPSA) is 40.7 Å². The van der Waals surface area contributed by atoms with Crippen LogP contribution in [0.5, 0.6) is 0 Å². The number of aryl methyl sites for hydroxylation is 2. The van der Waals surface area contributed by atoms with E-state index < -0.39 is 0 Å². The molecule has 2 aromatic rings. The fourth-order valence-electron chi connectivity index (χ4n) is 1.89. The first-order valence-corrected chi connectivity index (χ1v) is 6.53. The van der Waals surface area contributed by atoms with Crippen molar-refractivity contribution in [3.63, 3.8) is 0 Å². The maximum Gasteiger partial charge on any atom is 0.120 e. The van der Waals surface area contributed by atoms with E-state index in [1.165, 1.54) is 16.7 Å². The average Bonchev–Trinajstić information content (AvgIpc) is 2.82. The van der Waals surface area contributed by atoms with Crippen molar-refractivity contribution < 1.29 is 0 Å². The van der Waals surface area contributed by atoms with Crippen LogP contribution < -0.4 is 5.32 Å². The molecule has 0 amide bonds. The number of H-pyrrole nitrogens is 1. The summed E-state index contributed by atoms with van der Waals surface area (Å²) in [7, 11) is 0. The van der Waals surface area contributed by atoms with Crippen LogP contribution >= 0.6 is 0 Å². The molecular formula is C15H21N3. The second kappa shape index (κ2) is 5.83. The Bertz CT molecular complexity index is 514. The van der Waals surface area contributed by atoms with Crippen molar-refractivity contribution in [2.24, 2.45) is 0 Å². The van der Waals surface area contributed by atoms with Gasteiger partial charge in [-0.15, -0.1) is 0 Å². The van der Waals surface area contributed by atoms with Gasteiger partial charge in [0.2, 0.25) is 0 Å². The monoisotopic (exact) mass is 243 g/mol. The molecule has 3 nitrogen and oxygen atoms in total. The van der Waals surface area contributed by atoms with Gasteiger partial charge < -0.3 is 10.3 Å². The first-order chi connectivity index (χ1) is 8.70. The standard InChI is InChI=1S/C15H21N3/c1-4-7-16-10-15-17-9-14(18-15)13-6-5-11(2)12(3)8-13/h5-6,8-9,16H,4,7,10H2,1-3H3,(H,17,18). The summed E-state index contributed by atoms with van der Waals surface area (Å²) < 4.78 is 0. The first-order valence-electron chi connectivity index (χ1n) is 6.53. The SMILES string of the molecule is CCCNCc1ncc(-c2ccc(C)c(C)c2)[nH]1. The van der Waals surface area contributed by atoms with Gasteiger partial charge >= 0.3 is 0 Å². The Morgan fingerprint density at radius 2 is 2.06 bits per heavy atom. The van der Waals surface area contributed by atoms with Gasteiger partial charge in [-0.05, 0) is 49.6 Å². The molecule has 0 unspecified atom stereocenters. The summed E-state index contributed by atoms with van der Waals surface area (Å²) in [6.07, 6.45) is 3.05. The fraction of sp³-hybridized carbons (Fsp3) is 0.400. The van der Waals surface area contributed by atoms with Crippen molar-refractivity contribution in [1.29, 1.82) is 0 Å². The van der Waals surface area contributed by atoms with Crippen LogP contribution in [-0.4, -0.2) is 16.5 Å². The van der Waals surface area contributed by atoms with E-state index in [2.05, 4.69) is 54.3 Å². The predicted molar refractivity (Wildman–Crippen MR) is 75.5 cm³/mol. The lowest BCUT2D eigenvalue weighted by Gasteiger charge is -2.03. The van der Waals surface area contributed by atoms with Crippen LogP contribution in [0.15, 0.2) is 24.4 Å². The molecule has 0 bridgehead atoms. The van der Waals surface area contributed by atoms with Gasteiger partial charge in [0.25, 0.3) is 0 Å². The Morgan fingerprint density at radius 3 is 2.78 bits per heavy atom. The molecule has 3 heteroatoms. The van der Waals surface area contributed by atoms with Crippen LogP contribution in [0, 0.1) is 13.8 Å². The van der Waals surface area contributed by atoms with E-state index in [0.717, 1.165) is 31.0 Å². The molecule has 2 rings (SSSR count). The lowest BCUT2D eigenvalue weighted by Crippen LogP contribution is -2.14. The molecule has 0 saturated carbocycles. The van der Waals surface area contributed by atoms with Crippen molar-refractivity contribution in [2.75, 3.05) is 6.54 Å². The maximum atomic E-state index is 4.40. The third kappa shape index (κ3) is 2.99. The van der Waals surface area contributed by atoms with E-state index in [-0.39, 0.29) is 0 Å². The fourth-order valence-corrected chi connectivity index (χ4v) is 1.89. The molecule has 0 atom stereocenters.